The van der Waals surface area contributed by atoms with E-state index in [9.17, 15) is 4.57 Å². The number of ether oxygens (including phenoxy) is 1. The largest absolute Gasteiger partial charge is 0.396 e. The van der Waals surface area contributed by atoms with Crippen LogP contribution in [-0.4, -0.2) is 36.9 Å². The summed E-state index contributed by atoms with van der Waals surface area (Å²) in [5.41, 5.74) is 0. The van der Waals surface area contributed by atoms with Crippen LogP contribution in [0.2, 0.25) is 0 Å². The van der Waals surface area contributed by atoms with Gasteiger partial charge in [0, 0.05) is 13.2 Å². The number of rotatable bonds is 10. The van der Waals surface area contributed by atoms with Crippen LogP contribution in [-0.2, 0) is 18.3 Å². The zero-order valence-corrected chi connectivity index (χ0v) is 13.0. The van der Waals surface area contributed by atoms with Gasteiger partial charge >= 0.3 is 7.60 Å². The Morgan fingerprint density at radius 1 is 1.06 bits per heavy atom. The molecule has 0 aliphatic carbocycles. The van der Waals surface area contributed by atoms with Crippen molar-refractivity contribution in [3.63, 3.8) is 0 Å². The number of aliphatic hydroxyl groups is 1. The van der Waals surface area contributed by atoms with E-state index in [-0.39, 0.29) is 31.1 Å². The molecule has 0 saturated heterocycles. The first-order valence-corrected chi connectivity index (χ1v) is 8.16. The van der Waals surface area contributed by atoms with Crippen LogP contribution in [0.1, 0.15) is 41.0 Å². The summed E-state index contributed by atoms with van der Waals surface area (Å²) in [6.45, 7) is 9.74. The van der Waals surface area contributed by atoms with Crippen molar-refractivity contribution in [3.8, 4) is 0 Å². The molecule has 6 heteroatoms. The Labute approximate surface area is 110 Å². The highest BCUT2D eigenvalue weighted by Gasteiger charge is 2.28. The van der Waals surface area contributed by atoms with E-state index < -0.39 is 7.60 Å². The predicted molar refractivity (Wildman–Crippen MR) is 71.7 cm³/mol. The van der Waals surface area contributed by atoms with Crippen LogP contribution in [0.25, 0.3) is 0 Å². The van der Waals surface area contributed by atoms with Gasteiger partial charge in [0.25, 0.3) is 0 Å². The lowest BCUT2D eigenvalue weighted by atomic mass is 10.1. The van der Waals surface area contributed by atoms with Gasteiger partial charge in [0.15, 0.2) is 0 Å². The summed E-state index contributed by atoms with van der Waals surface area (Å²) in [7, 11) is -3.18. The normalized spacial score (nSPS) is 14.4. The molecule has 0 spiro atoms. The molecule has 5 nitrogen and oxygen atoms in total. The number of aliphatic hydroxyl groups excluding tert-OH is 1. The first kappa shape index (κ1) is 18.1. The Kier molecular flexibility index (Phi) is 9.09. The molecule has 0 radical (unpaired) electrons. The van der Waals surface area contributed by atoms with Crippen molar-refractivity contribution >= 4 is 7.60 Å². The Bertz CT molecular complexity index is 241. The van der Waals surface area contributed by atoms with Crippen molar-refractivity contribution in [2.75, 3.05) is 19.6 Å². The molecule has 18 heavy (non-hydrogen) atoms. The zero-order valence-electron chi connectivity index (χ0n) is 12.1. The zero-order chi connectivity index (χ0) is 14.2. The van der Waals surface area contributed by atoms with Gasteiger partial charge in [-0.3, -0.25) is 4.57 Å². The molecular weight excluding hydrogens is 255 g/mol. The van der Waals surface area contributed by atoms with E-state index in [0.29, 0.717) is 6.61 Å². The second kappa shape index (κ2) is 9.05. The average Bonchev–Trinajstić information content (AvgIpc) is 2.21. The van der Waals surface area contributed by atoms with E-state index >= 15 is 0 Å². The van der Waals surface area contributed by atoms with Crippen molar-refractivity contribution < 1.29 is 23.5 Å². The molecule has 0 amide bonds. The molecule has 0 aromatic rings. The topological polar surface area (TPSA) is 65.0 Å². The van der Waals surface area contributed by atoms with Crippen molar-refractivity contribution in [1.82, 2.24) is 0 Å². The molecule has 0 heterocycles. The average molecular weight is 282 g/mol. The quantitative estimate of drug-likeness (QED) is 0.493. The lowest BCUT2D eigenvalue weighted by Crippen LogP contribution is -2.13. The molecule has 1 unspecified atom stereocenters. The summed E-state index contributed by atoms with van der Waals surface area (Å²) in [5.74, 6) is 0.182. The van der Waals surface area contributed by atoms with Gasteiger partial charge in [0.05, 0.1) is 12.2 Å². The number of hydrogen-bond acceptors (Lipinski definition) is 5. The van der Waals surface area contributed by atoms with E-state index in [1.807, 2.05) is 34.6 Å². The van der Waals surface area contributed by atoms with E-state index in [4.69, 9.17) is 18.9 Å². The Balaban J connectivity index is 4.13. The van der Waals surface area contributed by atoms with Crippen molar-refractivity contribution in [1.29, 1.82) is 0 Å². The molecule has 0 aliphatic heterocycles. The van der Waals surface area contributed by atoms with Crippen LogP contribution in [0, 0.1) is 5.92 Å². The molecule has 0 aromatic heterocycles. The van der Waals surface area contributed by atoms with Crippen LogP contribution >= 0.6 is 7.60 Å². The third-order valence-electron chi connectivity index (χ3n) is 2.06. The third-order valence-corrected chi connectivity index (χ3v) is 4.04. The molecule has 1 N–H and O–H groups in total. The summed E-state index contributed by atoms with van der Waals surface area (Å²) in [4.78, 5) is 0. The van der Waals surface area contributed by atoms with Gasteiger partial charge < -0.3 is 18.9 Å². The molecule has 0 saturated carbocycles. The molecule has 1 atom stereocenters. The highest BCUT2D eigenvalue weighted by Crippen LogP contribution is 2.50. The van der Waals surface area contributed by atoms with Crippen LogP contribution in [0.3, 0.4) is 0 Å². The summed E-state index contributed by atoms with van der Waals surface area (Å²) in [5, 5.41) is 8.87. The van der Waals surface area contributed by atoms with E-state index in [1.54, 1.807) is 0 Å². The van der Waals surface area contributed by atoms with E-state index in [1.165, 1.54) is 0 Å². The van der Waals surface area contributed by atoms with Crippen LogP contribution in [0.5, 0.6) is 0 Å². The molecule has 0 rings (SSSR count). The van der Waals surface area contributed by atoms with Gasteiger partial charge in [0.1, 0.15) is 6.35 Å². The minimum absolute atomic E-state index is 0.0402. The van der Waals surface area contributed by atoms with Crippen LogP contribution in [0.4, 0.5) is 0 Å². The van der Waals surface area contributed by atoms with Crippen molar-refractivity contribution in [2.45, 2.75) is 53.2 Å². The highest BCUT2D eigenvalue weighted by atomic mass is 31.2. The first-order valence-electron chi connectivity index (χ1n) is 6.43. The minimum atomic E-state index is -3.18. The standard InChI is InChI=1S/C12H27O5P/c1-10(2)16-18(14,17-11(3)4)9-15-7-6-12(5)8-13/h10-13H,6-9H2,1-5H3. The van der Waals surface area contributed by atoms with Crippen molar-refractivity contribution in [2.24, 2.45) is 5.92 Å². The fraction of sp³-hybridized carbons (Fsp3) is 1.00. The summed E-state index contributed by atoms with van der Waals surface area (Å²) in [6, 6.07) is 0. The summed E-state index contributed by atoms with van der Waals surface area (Å²) in [6.07, 6.45) is 0.338. The minimum Gasteiger partial charge on any atom is -0.396 e. The maximum atomic E-state index is 12.3. The molecule has 0 aliphatic rings. The maximum Gasteiger partial charge on any atom is 0.356 e. The predicted octanol–water partition coefficient (Wildman–Crippen LogP) is 3.02. The second-order valence-electron chi connectivity index (χ2n) is 5.03. The lowest BCUT2D eigenvalue weighted by molar-refractivity contribution is 0.0901. The molecule has 110 valence electrons. The first-order chi connectivity index (χ1) is 8.29. The van der Waals surface area contributed by atoms with Gasteiger partial charge in [-0.05, 0) is 40.0 Å². The van der Waals surface area contributed by atoms with Crippen LogP contribution in [0.15, 0.2) is 0 Å². The van der Waals surface area contributed by atoms with Gasteiger partial charge in [-0.25, -0.2) is 0 Å². The van der Waals surface area contributed by atoms with Gasteiger partial charge in [-0.15, -0.1) is 0 Å². The Morgan fingerprint density at radius 2 is 1.56 bits per heavy atom. The fourth-order valence-electron chi connectivity index (χ4n) is 1.28. The fourth-order valence-corrected chi connectivity index (χ4v) is 3.09. The SMILES string of the molecule is CC(CO)CCOCP(=O)(OC(C)C)OC(C)C. The highest BCUT2D eigenvalue weighted by molar-refractivity contribution is 7.53. The van der Waals surface area contributed by atoms with Gasteiger partial charge in [-0.2, -0.15) is 0 Å². The second-order valence-corrected chi connectivity index (χ2v) is 6.93. The molecule has 0 aromatic carbocycles. The van der Waals surface area contributed by atoms with Crippen LogP contribution < -0.4 is 0 Å². The van der Waals surface area contributed by atoms with E-state index in [0.717, 1.165) is 6.42 Å². The summed E-state index contributed by atoms with van der Waals surface area (Å²) >= 11 is 0. The third kappa shape index (κ3) is 9.06. The van der Waals surface area contributed by atoms with E-state index in [2.05, 4.69) is 0 Å². The monoisotopic (exact) mass is 282 g/mol. The van der Waals surface area contributed by atoms with Gasteiger partial charge in [0.2, 0.25) is 0 Å². The molecular formula is C12H27O5P. The maximum absolute atomic E-state index is 12.3. The molecule has 0 fully saturated rings. The Morgan fingerprint density at radius 3 is 1.94 bits per heavy atom. The number of hydrogen-bond donors (Lipinski definition) is 1. The van der Waals surface area contributed by atoms with Crippen molar-refractivity contribution in [3.05, 3.63) is 0 Å². The summed E-state index contributed by atoms with van der Waals surface area (Å²) < 4.78 is 28.4. The van der Waals surface area contributed by atoms with Gasteiger partial charge in [-0.1, -0.05) is 6.92 Å². The Hall–Kier alpha value is 0.0700. The smallest absolute Gasteiger partial charge is 0.356 e. The molecule has 0 bridgehead atoms. The lowest BCUT2D eigenvalue weighted by Gasteiger charge is -2.22.